The Balaban J connectivity index is 1.35. The summed E-state index contributed by atoms with van der Waals surface area (Å²) in [5, 5.41) is 8.75. The monoisotopic (exact) mass is 325 g/mol. The topological polar surface area (TPSA) is 74.9 Å². The van der Waals surface area contributed by atoms with E-state index in [1.165, 1.54) is 0 Å². The van der Waals surface area contributed by atoms with Gasteiger partial charge in [-0.25, -0.2) is 9.97 Å². The van der Waals surface area contributed by atoms with Crippen molar-refractivity contribution in [2.24, 2.45) is 0 Å². The van der Waals surface area contributed by atoms with E-state index in [0.29, 0.717) is 0 Å². The zero-order valence-corrected chi connectivity index (χ0v) is 13.2. The maximum atomic E-state index is 8.75. The van der Waals surface area contributed by atoms with Gasteiger partial charge in [0.1, 0.15) is 17.9 Å². The van der Waals surface area contributed by atoms with Crippen molar-refractivity contribution in [1.29, 1.82) is 5.26 Å². The van der Waals surface area contributed by atoms with E-state index in [-0.39, 0.29) is 16.7 Å². The Kier molecular flexibility index (Phi) is 3.54. The molecular formula is C16H15N5OS. The average Bonchev–Trinajstić information content (AvgIpc) is 2.99. The lowest BCUT2D eigenvalue weighted by Crippen LogP contribution is -2.59. The van der Waals surface area contributed by atoms with E-state index < -0.39 is 0 Å². The minimum atomic E-state index is 0.212. The van der Waals surface area contributed by atoms with Gasteiger partial charge >= 0.3 is 0 Å². The SMILES string of the molecule is N#Cc1ncc(N2CC3(CC(Oc4cccnc4)CS3)C2)cn1. The molecule has 4 heterocycles. The highest BCUT2D eigenvalue weighted by atomic mass is 32.2. The summed E-state index contributed by atoms with van der Waals surface area (Å²) in [5.74, 6) is 2.06. The maximum Gasteiger partial charge on any atom is 0.232 e. The van der Waals surface area contributed by atoms with Gasteiger partial charge in [0.15, 0.2) is 0 Å². The van der Waals surface area contributed by atoms with E-state index in [4.69, 9.17) is 10.00 Å². The molecular weight excluding hydrogens is 310 g/mol. The van der Waals surface area contributed by atoms with Crippen molar-refractivity contribution in [3.05, 3.63) is 42.7 Å². The lowest BCUT2D eigenvalue weighted by atomic mass is 9.92. The smallest absolute Gasteiger partial charge is 0.232 e. The molecule has 23 heavy (non-hydrogen) atoms. The Hall–Kier alpha value is -2.33. The van der Waals surface area contributed by atoms with E-state index >= 15 is 0 Å². The molecule has 2 aromatic rings. The molecule has 1 spiro atoms. The lowest BCUT2D eigenvalue weighted by molar-refractivity contribution is 0.201. The molecule has 116 valence electrons. The number of pyridine rings is 1. The predicted molar refractivity (Wildman–Crippen MR) is 87.4 cm³/mol. The molecule has 0 aliphatic carbocycles. The van der Waals surface area contributed by atoms with Gasteiger partial charge in [-0.3, -0.25) is 4.98 Å². The number of rotatable bonds is 3. The van der Waals surface area contributed by atoms with Crippen LogP contribution >= 0.6 is 11.8 Å². The van der Waals surface area contributed by atoms with E-state index in [2.05, 4.69) is 19.9 Å². The molecule has 2 aromatic heterocycles. The second kappa shape index (κ2) is 5.70. The van der Waals surface area contributed by atoms with Crippen molar-refractivity contribution in [1.82, 2.24) is 15.0 Å². The number of nitriles is 1. The first-order valence-corrected chi connectivity index (χ1v) is 8.43. The van der Waals surface area contributed by atoms with E-state index in [9.17, 15) is 0 Å². The number of anilines is 1. The number of thioether (sulfide) groups is 1. The molecule has 2 fully saturated rings. The van der Waals surface area contributed by atoms with Gasteiger partial charge in [-0.05, 0) is 12.1 Å². The quantitative estimate of drug-likeness (QED) is 0.853. The summed E-state index contributed by atoms with van der Waals surface area (Å²) >= 11 is 1.98. The highest BCUT2D eigenvalue weighted by molar-refractivity contribution is 8.01. The van der Waals surface area contributed by atoms with Crippen LogP contribution in [0.5, 0.6) is 5.75 Å². The Morgan fingerprint density at radius 2 is 2.13 bits per heavy atom. The van der Waals surface area contributed by atoms with Crippen molar-refractivity contribution >= 4 is 17.4 Å². The molecule has 2 saturated heterocycles. The molecule has 0 bridgehead atoms. The van der Waals surface area contributed by atoms with Crippen molar-refractivity contribution in [2.45, 2.75) is 17.3 Å². The summed E-state index contributed by atoms with van der Waals surface area (Å²) in [6.07, 6.45) is 8.24. The zero-order valence-electron chi connectivity index (χ0n) is 12.4. The molecule has 6 nitrogen and oxygen atoms in total. The van der Waals surface area contributed by atoms with E-state index in [1.54, 1.807) is 24.8 Å². The van der Waals surface area contributed by atoms with Crippen LogP contribution in [0.2, 0.25) is 0 Å². The van der Waals surface area contributed by atoms with Crippen LogP contribution in [0.25, 0.3) is 0 Å². The summed E-state index contributed by atoms with van der Waals surface area (Å²) in [6.45, 7) is 1.94. The van der Waals surface area contributed by atoms with Crippen molar-refractivity contribution in [3.8, 4) is 11.8 Å². The molecule has 2 aliphatic heterocycles. The summed E-state index contributed by atoms with van der Waals surface area (Å²) in [7, 11) is 0. The minimum Gasteiger partial charge on any atom is -0.488 e. The normalized spacial score (nSPS) is 21.7. The second-order valence-electron chi connectivity index (χ2n) is 5.86. The van der Waals surface area contributed by atoms with Gasteiger partial charge in [0, 0.05) is 31.5 Å². The third-order valence-electron chi connectivity index (χ3n) is 4.17. The zero-order chi connectivity index (χ0) is 15.7. The number of hydrogen-bond acceptors (Lipinski definition) is 7. The molecule has 0 radical (unpaired) electrons. The molecule has 1 unspecified atom stereocenters. The number of nitrogens with zero attached hydrogens (tertiary/aromatic N) is 5. The molecule has 0 saturated carbocycles. The van der Waals surface area contributed by atoms with Gasteiger partial charge < -0.3 is 9.64 Å². The van der Waals surface area contributed by atoms with Crippen LogP contribution in [0.4, 0.5) is 5.69 Å². The van der Waals surface area contributed by atoms with Gasteiger partial charge in [-0.2, -0.15) is 5.26 Å². The predicted octanol–water partition coefficient (Wildman–Crippen LogP) is 1.89. The van der Waals surface area contributed by atoms with Crippen molar-refractivity contribution in [3.63, 3.8) is 0 Å². The Labute approximate surface area is 138 Å². The first kappa shape index (κ1) is 14.3. The highest BCUT2D eigenvalue weighted by Crippen LogP contribution is 2.47. The average molecular weight is 325 g/mol. The number of hydrogen-bond donors (Lipinski definition) is 0. The Morgan fingerprint density at radius 3 is 2.83 bits per heavy atom. The fourth-order valence-electron chi connectivity index (χ4n) is 3.08. The van der Waals surface area contributed by atoms with Crippen LogP contribution in [-0.4, -0.2) is 44.6 Å². The highest BCUT2D eigenvalue weighted by Gasteiger charge is 2.50. The van der Waals surface area contributed by atoms with Gasteiger partial charge in [-0.15, -0.1) is 11.8 Å². The fraction of sp³-hybridized carbons (Fsp3) is 0.375. The summed E-state index contributed by atoms with van der Waals surface area (Å²) in [6, 6.07) is 5.78. The van der Waals surface area contributed by atoms with Gasteiger partial charge in [0.2, 0.25) is 5.82 Å². The van der Waals surface area contributed by atoms with Crippen LogP contribution in [0, 0.1) is 11.3 Å². The third kappa shape index (κ3) is 2.82. The van der Waals surface area contributed by atoms with Gasteiger partial charge in [-0.1, -0.05) is 0 Å². The molecule has 0 amide bonds. The minimum absolute atomic E-state index is 0.212. The van der Waals surface area contributed by atoms with Crippen LogP contribution in [-0.2, 0) is 0 Å². The Bertz CT molecular complexity index is 724. The summed E-state index contributed by atoms with van der Waals surface area (Å²) in [5.41, 5.74) is 0.979. The largest absolute Gasteiger partial charge is 0.488 e. The number of aromatic nitrogens is 3. The second-order valence-corrected chi connectivity index (χ2v) is 7.35. The van der Waals surface area contributed by atoms with Crippen LogP contribution < -0.4 is 9.64 Å². The third-order valence-corrected chi connectivity index (χ3v) is 5.75. The van der Waals surface area contributed by atoms with Gasteiger partial charge in [0.25, 0.3) is 0 Å². The fourth-order valence-corrected chi connectivity index (χ4v) is 4.61. The molecule has 2 aliphatic rings. The van der Waals surface area contributed by atoms with Gasteiger partial charge in [0.05, 0.1) is 29.0 Å². The van der Waals surface area contributed by atoms with Crippen molar-refractivity contribution < 1.29 is 4.74 Å². The van der Waals surface area contributed by atoms with E-state index in [0.717, 1.165) is 36.7 Å². The number of ether oxygens (including phenoxy) is 1. The summed E-state index contributed by atoms with van der Waals surface area (Å²) in [4.78, 5) is 14.4. The van der Waals surface area contributed by atoms with Crippen LogP contribution in [0.15, 0.2) is 36.9 Å². The van der Waals surface area contributed by atoms with Crippen molar-refractivity contribution in [2.75, 3.05) is 23.7 Å². The molecule has 0 aromatic carbocycles. The molecule has 0 N–H and O–H groups in total. The standard InChI is InChI=1S/C16H15N5OS/c17-5-15-19-6-12(7-20-15)21-10-16(11-21)4-14(9-23-16)22-13-2-1-3-18-8-13/h1-3,6-8,14H,4,9-11H2. The molecule has 4 rings (SSSR count). The first-order valence-electron chi connectivity index (χ1n) is 7.44. The molecule has 7 heteroatoms. The lowest BCUT2D eigenvalue weighted by Gasteiger charge is -2.48. The van der Waals surface area contributed by atoms with Crippen LogP contribution in [0.3, 0.4) is 0 Å². The van der Waals surface area contributed by atoms with E-state index in [1.807, 2.05) is 30.0 Å². The maximum absolute atomic E-state index is 8.75. The first-order chi connectivity index (χ1) is 11.3. The van der Waals surface area contributed by atoms with Crippen LogP contribution in [0.1, 0.15) is 12.2 Å². The summed E-state index contributed by atoms with van der Waals surface area (Å²) < 4.78 is 6.28. The molecule has 1 atom stereocenters. The Morgan fingerprint density at radius 1 is 1.30 bits per heavy atom.